The van der Waals surface area contributed by atoms with Crippen LogP contribution in [0.1, 0.15) is 34.2 Å². The average Bonchev–Trinajstić information content (AvgIpc) is 3.37. The number of amides is 1. The number of hydrogen-bond acceptors (Lipinski definition) is 4. The molecule has 2 aromatic rings. The normalized spacial score (nSPS) is 26.3. The second kappa shape index (κ2) is 7.26. The van der Waals surface area contributed by atoms with Crippen molar-refractivity contribution in [3.8, 4) is 0 Å². The van der Waals surface area contributed by atoms with E-state index in [0.717, 1.165) is 38.9 Å². The van der Waals surface area contributed by atoms with Gasteiger partial charge in [-0.25, -0.2) is 4.98 Å². The standard InChI is InChI=1S/C20H25N3OS/c1-14-11-22-19(25-14)9-15-7-8-23(13-15)20(24)18-10-17(12-21-18)16-5-3-2-4-6-16/h2-6,11,15,17-18,21H,7-10,12-13H2,1H3/t15-,17+,18+/m0/s1. The third-order valence-corrected chi connectivity index (χ3v) is 6.36. The number of thiazole rings is 1. The fourth-order valence-electron chi connectivity index (χ4n) is 4.07. The zero-order valence-electron chi connectivity index (χ0n) is 14.6. The number of nitrogens with zero attached hydrogens (tertiary/aromatic N) is 2. The maximum atomic E-state index is 12.9. The lowest BCUT2D eigenvalue weighted by Gasteiger charge is -2.21. The van der Waals surface area contributed by atoms with Crippen molar-refractivity contribution in [3.63, 3.8) is 0 Å². The van der Waals surface area contributed by atoms with Crippen molar-refractivity contribution in [2.75, 3.05) is 19.6 Å². The Balaban J connectivity index is 1.31. The van der Waals surface area contributed by atoms with Crippen LogP contribution >= 0.6 is 11.3 Å². The van der Waals surface area contributed by atoms with E-state index < -0.39 is 0 Å². The summed E-state index contributed by atoms with van der Waals surface area (Å²) in [5.74, 6) is 1.30. The van der Waals surface area contributed by atoms with Crippen LogP contribution in [0.15, 0.2) is 36.5 Å². The number of aromatic nitrogens is 1. The number of carbonyl (C=O) groups excluding carboxylic acids is 1. The maximum Gasteiger partial charge on any atom is 0.239 e. The minimum absolute atomic E-state index is 0.0222. The van der Waals surface area contributed by atoms with E-state index in [1.54, 1.807) is 11.3 Å². The average molecular weight is 356 g/mol. The van der Waals surface area contributed by atoms with Gasteiger partial charge in [0.05, 0.1) is 11.0 Å². The summed E-state index contributed by atoms with van der Waals surface area (Å²) >= 11 is 1.78. The molecule has 0 unspecified atom stereocenters. The van der Waals surface area contributed by atoms with Crippen LogP contribution in [0.4, 0.5) is 0 Å². The number of carbonyl (C=O) groups is 1. The maximum absolute atomic E-state index is 12.9. The van der Waals surface area contributed by atoms with Crippen molar-refractivity contribution in [2.45, 2.75) is 38.1 Å². The van der Waals surface area contributed by atoms with Gasteiger partial charge in [0, 0.05) is 37.1 Å². The zero-order valence-corrected chi connectivity index (χ0v) is 15.5. The van der Waals surface area contributed by atoms with E-state index in [1.807, 2.05) is 12.3 Å². The first kappa shape index (κ1) is 16.7. The number of aryl methyl sites for hydroxylation is 1. The Bertz CT molecular complexity index is 730. The van der Waals surface area contributed by atoms with Crippen LogP contribution in [-0.4, -0.2) is 41.5 Å². The van der Waals surface area contributed by atoms with Crippen molar-refractivity contribution in [3.05, 3.63) is 52.0 Å². The monoisotopic (exact) mass is 355 g/mol. The van der Waals surface area contributed by atoms with Crippen LogP contribution in [-0.2, 0) is 11.2 Å². The van der Waals surface area contributed by atoms with Crippen LogP contribution in [0.5, 0.6) is 0 Å². The van der Waals surface area contributed by atoms with Gasteiger partial charge < -0.3 is 10.2 Å². The molecular weight excluding hydrogens is 330 g/mol. The van der Waals surface area contributed by atoms with Crippen molar-refractivity contribution in [1.29, 1.82) is 0 Å². The summed E-state index contributed by atoms with van der Waals surface area (Å²) in [5, 5.41) is 4.66. The molecule has 1 aromatic heterocycles. The molecule has 1 amide bonds. The first-order valence-electron chi connectivity index (χ1n) is 9.17. The highest BCUT2D eigenvalue weighted by Gasteiger charge is 2.35. The Morgan fingerprint density at radius 1 is 1.36 bits per heavy atom. The van der Waals surface area contributed by atoms with Gasteiger partial charge in [-0.1, -0.05) is 30.3 Å². The molecule has 2 fully saturated rings. The molecule has 0 saturated carbocycles. The third-order valence-electron chi connectivity index (χ3n) is 5.43. The number of nitrogens with one attached hydrogen (secondary N) is 1. The van der Waals surface area contributed by atoms with Crippen LogP contribution in [0.3, 0.4) is 0 Å². The van der Waals surface area contributed by atoms with Crippen molar-refractivity contribution >= 4 is 17.2 Å². The van der Waals surface area contributed by atoms with E-state index >= 15 is 0 Å². The lowest BCUT2D eigenvalue weighted by molar-refractivity contribution is -0.132. The first-order valence-corrected chi connectivity index (χ1v) is 9.99. The third kappa shape index (κ3) is 3.77. The molecule has 1 N–H and O–H groups in total. The summed E-state index contributed by atoms with van der Waals surface area (Å²) < 4.78 is 0. The van der Waals surface area contributed by atoms with E-state index in [1.165, 1.54) is 15.4 Å². The molecular formula is C20H25N3OS. The molecule has 0 bridgehead atoms. The number of hydrogen-bond donors (Lipinski definition) is 1. The molecule has 132 valence electrons. The molecule has 4 rings (SSSR count). The molecule has 1 aromatic carbocycles. The van der Waals surface area contributed by atoms with Crippen LogP contribution in [0, 0.1) is 12.8 Å². The van der Waals surface area contributed by atoms with Gasteiger partial charge in [0.2, 0.25) is 5.91 Å². The molecule has 2 saturated heterocycles. The zero-order chi connectivity index (χ0) is 17.2. The Morgan fingerprint density at radius 2 is 2.20 bits per heavy atom. The van der Waals surface area contributed by atoms with E-state index in [4.69, 9.17) is 0 Å². The molecule has 4 nitrogen and oxygen atoms in total. The summed E-state index contributed by atoms with van der Waals surface area (Å²) in [6, 6.07) is 10.5. The molecule has 3 atom stereocenters. The van der Waals surface area contributed by atoms with Crippen LogP contribution < -0.4 is 5.32 Å². The molecule has 5 heteroatoms. The molecule has 2 aliphatic rings. The van der Waals surface area contributed by atoms with Gasteiger partial charge >= 0.3 is 0 Å². The molecule has 0 radical (unpaired) electrons. The van der Waals surface area contributed by atoms with E-state index in [-0.39, 0.29) is 11.9 Å². The van der Waals surface area contributed by atoms with Gasteiger partial charge in [0.1, 0.15) is 0 Å². The number of benzene rings is 1. The highest BCUT2D eigenvalue weighted by Crippen LogP contribution is 2.28. The fourth-order valence-corrected chi connectivity index (χ4v) is 4.97. The molecule has 0 aliphatic carbocycles. The van der Waals surface area contributed by atoms with Gasteiger partial charge in [-0.15, -0.1) is 11.3 Å². The van der Waals surface area contributed by atoms with Crippen molar-refractivity contribution in [2.24, 2.45) is 5.92 Å². The topological polar surface area (TPSA) is 45.2 Å². The predicted molar refractivity (Wildman–Crippen MR) is 101 cm³/mol. The minimum Gasteiger partial charge on any atom is -0.341 e. The van der Waals surface area contributed by atoms with Gasteiger partial charge in [-0.05, 0) is 37.2 Å². The molecule has 2 aliphatic heterocycles. The van der Waals surface area contributed by atoms with Crippen molar-refractivity contribution in [1.82, 2.24) is 15.2 Å². The Morgan fingerprint density at radius 3 is 2.96 bits per heavy atom. The summed E-state index contributed by atoms with van der Waals surface area (Å²) in [7, 11) is 0. The summed E-state index contributed by atoms with van der Waals surface area (Å²) in [6.07, 6.45) is 4.96. The quantitative estimate of drug-likeness (QED) is 0.917. The smallest absolute Gasteiger partial charge is 0.239 e. The first-order chi connectivity index (χ1) is 12.2. The number of likely N-dealkylation sites (tertiary alicyclic amines) is 1. The predicted octanol–water partition coefficient (Wildman–Crippen LogP) is 2.99. The molecule has 0 spiro atoms. The van der Waals surface area contributed by atoms with E-state index in [9.17, 15) is 4.79 Å². The summed E-state index contributed by atoms with van der Waals surface area (Å²) in [5.41, 5.74) is 1.34. The molecule has 25 heavy (non-hydrogen) atoms. The Hall–Kier alpha value is -1.72. The highest BCUT2D eigenvalue weighted by molar-refractivity contribution is 7.11. The van der Waals surface area contributed by atoms with Crippen LogP contribution in [0.2, 0.25) is 0 Å². The second-order valence-electron chi connectivity index (χ2n) is 7.31. The summed E-state index contributed by atoms with van der Waals surface area (Å²) in [4.78, 5) is 20.7. The second-order valence-corrected chi connectivity index (χ2v) is 8.63. The lowest BCUT2D eigenvalue weighted by atomic mass is 9.96. The molecule has 3 heterocycles. The minimum atomic E-state index is -0.0222. The van der Waals surface area contributed by atoms with E-state index in [0.29, 0.717) is 11.8 Å². The van der Waals surface area contributed by atoms with Crippen molar-refractivity contribution < 1.29 is 4.79 Å². The van der Waals surface area contributed by atoms with Gasteiger partial charge in [0.25, 0.3) is 0 Å². The number of rotatable bonds is 4. The van der Waals surface area contributed by atoms with Gasteiger partial charge in [-0.2, -0.15) is 0 Å². The Labute approximate surface area is 153 Å². The SMILES string of the molecule is Cc1cnc(C[C@@H]2CCN(C(=O)[C@H]3C[C@@H](c4ccccc4)CN3)C2)s1. The fraction of sp³-hybridized carbons (Fsp3) is 0.500. The Kier molecular flexibility index (Phi) is 4.86. The highest BCUT2D eigenvalue weighted by atomic mass is 32.1. The van der Waals surface area contributed by atoms with Gasteiger partial charge in [-0.3, -0.25) is 4.79 Å². The van der Waals surface area contributed by atoms with Gasteiger partial charge in [0.15, 0.2) is 0 Å². The lowest BCUT2D eigenvalue weighted by Crippen LogP contribution is -2.42. The largest absolute Gasteiger partial charge is 0.341 e. The summed E-state index contributed by atoms with van der Waals surface area (Å²) in [6.45, 7) is 4.77. The van der Waals surface area contributed by atoms with E-state index in [2.05, 4.69) is 46.4 Å². The van der Waals surface area contributed by atoms with Crippen LogP contribution in [0.25, 0.3) is 0 Å².